The number of fused-ring (bicyclic) bond motifs is 1. The lowest BCUT2D eigenvalue weighted by Crippen LogP contribution is -2.26. The molecule has 0 saturated heterocycles. The molecule has 168 valence electrons. The monoisotopic (exact) mass is 450 g/mol. The number of aryl methyl sites for hydroxylation is 2. The van der Waals surface area contributed by atoms with Crippen molar-refractivity contribution in [1.82, 2.24) is 39.5 Å². The normalized spacial score (nSPS) is 12.8. The molecule has 2 aromatic carbocycles. The van der Waals surface area contributed by atoms with E-state index in [9.17, 15) is 4.79 Å². The Morgan fingerprint density at radius 1 is 0.912 bits per heavy atom. The summed E-state index contributed by atoms with van der Waals surface area (Å²) in [6.45, 7) is 5.15. The number of amides is 1. The van der Waals surface area contributed by atoms with Gasteiger partial charge in [-0.15, -0.1) is 5.10 Å². The predicted molar refractivity (Wildman–Crippen MR) is 125 cm³/mol. The molecule has 3 aromatic heterocycles. The third-order valence-electron chi connectivity index (χ3n) is 6.31. The van der Waals surface area contributed by atoms with Crippen molar-refractivity contribution >= 4 is 5.91 Å². The zero-order valence-corrected chi connectivity index (χ0v) is 18.8. The van der Waals surface area contributed by atoms with Crippen LogP contribution in [0.4, 0.5) is 0 Å². The summed E-state index contributed by atoms with van der Waals surface area (Å²) >= 11 is 0. The average molecular weight is 451 g/mol. The van der Waals surface area contributed by atoms with E-state index >= 15 is 0 Å². The largest absolute Gasteiger partial charge is 0.328 e. The van der Waals surface area contributed by atoms with Crippen LogP contribution in [0, 0.1) is 13.8 Å². The lowest BCUT2D eigenvalue weighted by molar-refractivity contribution is 0.0749. The average Bonchev–Trinajstić information content (AvgIpc) is 3.64. The van der Waals surface area contributed by atoms with Crippen molar-refractivity contribution in [2.75, 3.05) is 0 Å². The summed E-state index contributed by atoms with van der Waals surface area (Å²) in [6, 6.07) is 17.7. The van der Waals surface area contributed by atoms with Crippen molar-refractivity contribution in [3.8, 4) is 17.2 Å². The number of nitrogens with zero attached hydrogens (tertiary/aromatic N) is 8. The Bertz CT molecular complexity index is 1500. The van der Waals surface area contributed by atoms with E-state index < -0.39 is 0 Å². The van der Waals surface area contributed by atoms with E-state index in [1.165, 1.54) is 22.1 Å². The van der Waals surface area contributed by atoms with E-state index in [4.69, 9.17) is 5.10 Å². The molecule has 0 N–H and O–H groups in total. The Morgan fingerprint density at radius 2 is 1.76 bits per heavy atom. The third kappa shape index (κ3) is 3.29. The Hall–Kier alpha value is -4.53. The van der Waals surface area contributed by atoms with Crippen LogP contribution in [-0.2, 0) is 13.1 Å². The van der Waals surface area contributed by atoms with Gasteiger partial charge in [0.2, 0.25) is 0 Å². The number of benzene rings is 2. The van der Waals surface area contributed by atoms with Gasteiger partial charge in [-0.2, -0.15) is 5.10 Å². The van der Waals surface area contributed by atoms with Crippen LogP contribution in [-0.4, -0.2) is 45.4 Å². The summed E-state index contributed by atoms with van der Waals surface area (Å²) in [4.78, 5) is 15.2. The maximum Gasteiger partial charge on any atom is 0.254 e. The quantitative estimate of drug-likeness (QED) is 0.419. The first-order chi connectivity index (χ1) is 16.6. The molecule has 1 aliphatic heterocycles. The van der Waals surface area contributed by atoms with Gasteiger partial charge in [-0.3, -0.25) is 4.79 Å². The van der Waals surface area contributed by atoms with Crippen molar-refractivity contribution in [1.29, 1.82) is 0 Å². The number of carbonyl (C=O) groups excluding carboxylic acids is 1. The van der Waals surface area contributed by atoms with Crippen LogP contribution in [0.15, 0.2) is 73.3 Å². The van der Waals surface area contributed by atoms with Gasteiger partial charge in [-0.1, -0.05) is 12.1 Å². The van der Waals surface area contributed by atoms with Crippen molar-refractivity contribution < 1.29 is 4.79 Å². The number of rotatable bonds is 4. The van der Waals surface area contributed by atoms with E-state index in [0.29, 0.717) is 18.7 Å². The van der Waals surface area contributed by atoms with Crippen LogP contribution < -0.4 is 0 Å². The van der Waals surface area contributed by atoms with Crippen molar-refractivity contribution in [3.63, 3.8) is 0 Å². The first-order valence-corrected chi connectivity index (χ1v) is 11.0. The van der Waals surface area contributed by atoms with Crippen LogP contribution in [0.3, 0.4) is 0 Å². The maximum absolute atomic E-state index is 13.4. The highest BCUT2D eigenvalue weighted by molar-refractivity contribution is 5.95. The minimum atomic E-state index is -0.0517. The lowest BCUT2D eigenvalue weighted by Gasteiger charge is -2.18. The van der Waals surface area contributed by atoms with Gasteiger partial charge in [-0.05, 0) is 77.9 Å². The topological polar surface area (TPSA) is 86.7 Å². The molecule has 1 amide bonds. The predicted octanol–water partition coefficient (Wildman–Crippen LogP) is 3.41. The van der Waals surface area contributed by atoms with Gasteiger partial charge in [0.15, 0.2) is 0 Å². The number of aromatic nitrogens is 7. The summed E-state index contributed by atoms with van der Waals surface area (Å²) in [5.74, 6) is 0.908. The maximum atomic E-state index is 13.4. The molecule has 34 heavy (non-hydrogen) atoms. The zero-order valence-electron chi connectivity index (χ0n) is 18.8. The molecule has 0 spiro atoms. The van der Waals surface area contributed by atoms with Crippen LogP contribution >= 0.6 is 0 Å². The van der Waals surface area contributed by atoms with Crippen LogP contribution in [0.1, 0.15) is 32.7 Å². The smallest absolute Gasteiger partial charge is 0.254 e. The fourth-order valence-electron chi connectivity index (χ4n) is 4.37. The molecule has 0 atom stereocenters. The Kier molecular flexibility index (Phi) is 4.61. The zero-order chi connectivity index (χ0) is 23.2. The number of tetrazole rings is 1. The van der Waals surface area contributed by atoms with Gasteiger partial charge >= 0.3 is 0 Å². The lowest BCUT2D eigenvalue weighted by atomic mass is 10.1. The molecule has 4 heterocycles. The molecular weight excluding hydrogens is 428 g/mol. The van der Waals surface area contributed by atoms with Gasteiger partial charge in [0.25, 0.3) is 5.91 Å². The van der Waals surface area contributed by atoms with E-state index in [-0.39, 0.29) is 5.91 Å². The molecule has 6 rings (SSSR count). The molecule has 0 bridgehead atoms. The molecule has 9 heteroatoms. The van der Waals surface area contributed by atoms with Crippen molar-refractivity contribution in [2.24, 2.45) is 0 Å². The molecular formula is C25H22N8O. The van der Waals surface area contributed by atoms with Gasteiger partial charge in [0.1, 0.15) is 12.1 Å². The summed E-state index contributed by atoms with van der Waals surface area (Å²) in [7, 11) is 0. The molecule has 9 nitrogen and oxygen atoms in total. The number of carbonyl (C=O) groups is 1. The minimum absolute atomic E-state index is 0.0517. The van der Waals surface area contributed by atoms with Crippen molar-refractivity contribution in [2.45, 2.75) is 26.9 Å². The standard InChI is InChI=1S/C25H22N8O/c1-17-8-9-21(12-18(17)2)33-24(30-10-3-4-11-30)22-14-31(15-23(22)27-33)25(34)19-6-5-7-20(13-19)32-16-26-28-29-32/h3-13,16H,14-15H2,1-2H3. The first kappa shape index (κ1) is 20.1. The summed E-state index contributed by atoms with van der Waals surface area (Å²) in [5.41, 5.74) is 6.75. The van der Waals surface area contributed by atoms with Crippen molar-refractivity contribution in [3.05, 3.63) is 101 Å². The summed E-state index contributed by atoms with van der Waals surface area (Å²) in [6.07, 6.45) is 5.53. The summed E-state index contributed by atoms with van der Waals surface area (Å²) < 4.78 is 5.58. The first-order valence-electron chi connectivity index (χ1n) is 11.0. The van der Waals surface area contributed by atoms with Gasteiger partial charge in [0.05, 0.1) is 30.2 Å². The second-order valence-electron chi connectivity index (χ2n) is 8.49. The minimum Gasteiger partial charge on any atom is -0.328 e. The highest BCUT2D eigenvalue weighted by Gasteiger charge is 2.32. The van der Waals surface area contributed by atoms with Gasteiger partial charge in [0, 0.05) is 23.5 Å². The highest BCUT2D eigenvalue weighted by atomic mass is 16.2. The fraction of sp³-hybridized carbons (Fsp3) is 0.160. The van der Waals surface area contributed by atoms with Gasteiger partial charge < -0.3 is 9.47 Å². The SMILES string of the molecule is Cc1ccc(-n2nc3c(c2-n2cccc2)CN(C(=O)c2cccc(-n4cnnn4)c2)C3)cc1C. The second kappa shape index (κ2) is 7.80. The molecule has 0 saturated carbocycles. The molecule has 0 fully saturated rings. The molecule has 5 aromatic rings. The second-order valence-corrected chi connectivity index (χ2v) is 8.49. The number of hydrogen-bond acceptors (Lipinski definition) is 5. The van der Waals surface area contributed by atoms with E-state index in [0.717, 1.165) is 28.5 Å². The molecule has 0 unspecified atom stereocenters. The highest BCUT2D eigenvalue weighted by Crippen LogP contribution is 2.32. The van der Waals surface area contributed by atoms with Gasteiger partial charge in [-0.25, -0.2) is 9.36 Å². The Balaban J connectivity index is 1.35. The summed E-state index contributed by atoms with van der Waals surface area (Å²) in [5, 5.41) is 16.2. The fourth-order valence-corrected chi connectivity index (χ4v) is 4.37. The Morgan fingerprint density at radius 3 is 2.53 bits per heavy atom. The van der Waals surface area contributed by atoms with E-state index in [2.05, 4.69) is 52.1 Å². The van der Waals surface area contributed by atoms with Crippen LogP contribution in [0.5, 0.6) is 0 Å². The molecule has 0 aliphatic carbocycles. The molecule has 0 radical (unpaired) electrons. The molecule has 1 aliphatic rings. The van der Waals surface area contributed by atoms with E-state index in [1.807, 2.05) is 52.3 Å². The third-order valence-corrected chi connectivity index (χ3v) is 6.31. The Labute approximate surface area is 195 Å². The van der Waals surface area contributed by atoms with Crippen LogP contribution in [0.25, 0.3) is 17.2 Å². The van der Waals surface area contributed by atoms with E-state index in [1.54, 1.807) is 6.07 Å². The number of hydrogen-bond donors (Lipinski definition) is 0. The van der Waals surface area contributed by atoms with Crippen LogP contribution in [0.2, 0.25) is 0 Å².